The number of ether oxygens (including phenoxy) is 3. The summed E-state index contributed by atoms with van der Waals surface area (Å²) in [6.45, 7) is 9.07. The van der Waals surface area contributed by atoms with Crippen molar-refractivity contribution in [3.63, 3.8) is 0 Å². The number of amides is 1. The van der Waals surface area contributed by atoms with Crippen molar-refractivity contribution >= 4 is 32.6 Å². The molecule has 0 spiro atoms. The first-order valence-electron chi connectivity index (χ1n) is 11.2. The van der Waals surface area contributed by atoms with Crippen molar-refractivity contribution in [2.24, 2.45) is 0 Å². The number of methoxy groups -OCH3 is 2. The standard InChI is InChI=1S/C25H31N3O4S/c1-17-14-18(2)23-20(15-17)26-25(33-23)28(9-5-8-27-10-12-32-13-11-27)24(29)19-6-7-21(30-3)22(16-19)31-4/h6-7,14-16H,5,8-13H2,1-4H3. The molecule has 2 heterocycles. The molecule has 1 saturated heterocycles. The first-order valence-corrected chi connectivity index (χ1v) is 12.0. The van der Waals surface area contributed by atoms with E-state index in [0.29, 0.717) is 23.6 Å². The number of thiazole rings is 1. The fourth-order valence-electron chi connectivity index (χ4n) is 4.17. The van der Waals surface area contributed by atoms with Crippen LogP contribution < -0.4 is 14.4 Å². The zero-order chi connectivity index (χ0) is 23.4. The molecule has 0 radical (unpaired) electrons. The van der Waals surface area contributed by atoms with Crippen LogP contribution >= 0.6 is 11.3 Å². The molecule has 1 aliphatic heterocycles. The Morgan fingerprint density at radius 1 is 1.12 bits per heavy atom. The summed E-state index contributed by atoms with van der Waals surface area (Å²) in [5.41, 5.74) is 3.83. The molecule has 0 unspecified atom stereocenters. The topological polar surface area (TPSA) is 64.1 Å². The average Bonchev–Trinajstić information content (AvgIpc) is 3.25. The van der Waals surface area contributed by atoms with Gasteiger partial charge in [-0.25, -0.2) is 4.98 Å². The third-order valence-electron chi connectivity index (χ3n) is 5.88. The van der Waals surface area contributed by atoms with Crippen LogP contribution in [0.4, 0.5) is 5.13 Å². The fraction of sp³-hybridized carbons (Fsp3) is 0.440. The predicted octanol–water partition coefficient (Wildman–Crippen LogP) is 4.30. The van der Waals surface area contributed by atoms with Crippen LogP contribution in [0.15, 0.2) is 30.3 Å². The number of anilines is 1. The molecule has 2 aromatic carbocycles. The highest BCUT2D eigenvalue weighted by molar-refractivity contribution is 7.22. The van der Waals surface area contributed by atoms with E-state index in [2.05, 4.69) is 30.9 Å². The van der Waals surface area contributed by atoms with Crippen LogP contribution in [-0.2, 0) is 4.74 Å². The number of hydrogen-bond acceptors (Lipinski definition) is 7. The van der Waals surface area contributed by atoms with Crippen molar-refractivity contribution in [2.75, 3.05) is 58.5 Å². The van der Waals surface area contributed by atoms with Crippen LogP contribution in [0.25, 0.3) is 10.2 Å². The van der Waals surface area contributed by atoms with E-state index < -0.39 is 0 Å². The van der Waals surface area contributed by atoms with Gasteiger partial charge in [0.1, 0.15) is 0 Å². The molecule has 1 aliphatic rings. The van der Waals surface area contributed by atoms with Crippen molar-refractivity contribution < 1.29 is 19.0 Å². The smallest absolute Gasteiger partial charge is 0.260 e. The van der Waals surface area contributed by atoms with Gasteiger partial charge in [-0.3, -0.25) is 14.6 Å². The lowest BCUT2D eigenvalue weighted by Crippen LogP contribution is -2.39. The minimum atomic E-state index is -0.0913. The zero-order valence-corrected chi connectivity index (χ0v) is 20.5. The number of morpholine rings is 1. The number of rotatable bonds is 8. The molecular weight excluding hydrogens is 438 g/mol. The van der Waals surface area contributed by atoms with Gasteiger partial charge in [-0.05, 0) is 55.7 Å². The Hall–Kier alpha value is -2.68. The van der Waals surface area contributed by atoms with Crippen LogP contribution in [0.5, 0.6) is 11.5 Å². The third kappa shape index (κ3) is 5.29. The largest absolute Gasteiger partial charge is 0.493 e. The van der Waals surface area contributed by atoms with Gasteiger partial charge in [0.2, 0.25) is 0 Å². The minimum Gasteiger partial charge on any atom is -0.493 e. The summed E-state index contributed by atoms with van der Waals surface area (Å²) < 4.78 is 17.3. The molecule has 0 N–H and O–H groups in total. The van der Waals surface area contributed by atoms with Crippen LogP contribution in [0.2, 0.25) is 0 Å². The Balaban J connectivity index is 1.63. The molecule has 4 rings (SSSR count). The van der Waals surface area contributed by atoms with Gasteiger partial charge in [0, 0.05) is 31.7 Å². The maximum Gasteiger partial charge on any atom is 0.260 e. The van der Waals surface area contributed by atoms with Crippen LogP contribution in [-0.4, -0.2) is 69.4 Å². The fourth-order valence-corrected chi connectivity index (χ4v) is 5.21. The molecule has 33 heavy (non-hydrogen) atoms. The van der Waals surface area contributed by atoms with Crippen molar-refractivity contribution in [1.29, 1.82) is 0 Å². The van der Waals surface area contributed by atoms with Gasteiger partial charge in [-0.1, -0.05) is 17.4 Å². The van der Waals surface area contributed by atoms with Gasteiger partial charge in [0.25, 0.3) is 5.91 Å². The van der Waals surface area contributed by atoms with E-state index in [1.54, 1.807) is 48.7 Å². The Morgan fingerprint density at radius 3 is 2.61 bits per heavy atom. The summed E-state index contributed by atoms with van der Waals surface area (Å²) in [5, 5.41) is 0.723. The van der Waals surface area contributed by atoms with Gasteiger partial charge in [0.05, 0.1) is 37.6 Å². The highest BCUT2D eigenvalue weighted by Gasteiger charge is 2.23. The lowest BCUT2D eigenvalue weighted by Gasteiger charge is -2.27. The number of fused-ring (bicyclic) bond motifs is 1. The molecule has 1 fully saturated rings. The molecule has 0 atom stereocenters. The molecule has 1 amide bonds. The summed E-state index contributed by atoms with van der Waals surface area (Å²) >= 11 is 1.57. The number of hydrogen-bond donors (Lipinski definition) is 0. The Morgan fingerprint density at radius 2 is 1.88 bits per heavy atom. The Bertz CT molecular complexity index is 1120. The van der Waals surface area contributed by atoms with Crippen molar-refractivity contribution in [1.82, 2.24) is 9.88 Å². The van der Waals surface area contributed by atoms with Gasteiger partial charge in [0.15, 0.2) is 16.6 Å². The van der Waals surface area contributed by atoms with Gasteiger partial charge >= 0.3 is 0 Å². The predicted molar refractivity (Wildman–Crippen MR) is 132 cm³/mol. The zero-order valence-electron chi connectivity index (χ0n) is 19.7. The SMILES string of the molecule is COc1ccc(C(=O)N(CCCN2CCOCC2)c2nc3cc(C)cc(C)c3s2)cc1OC. The first kappa shape index (κ1) is 23.5. The van der Waals surface area contributed by atoms with Gasteiger partial charge in [-0.15, -0.1) is 0 Å². The summed E-state index contributed by atoms with van der Waals surface area (Å²) in [6.07, 6.45) is 0.854. The summed E-state index contributed by atoms with van der Waals surface area (Å²) in [4.78, 5) is 22.7. The molecule has 0 saturated carbocycles. The van der Waals surface area contributed by atoms with Gasteiger partial charge < -0.3 is 14.2 Å². The van der Waals surface area contributed by atoms with E-state index in [0.717, 1.165) is 54.6 Å². The molecule has 176 valence electrons. The summed E-state index contributed by atoms with van der Waals surface area (Å²) in [5.74, 6) is 1.04. The average molecular weight is 470 g/mol. The molecular formula is C25H31N3O4S. The summed E-state index contributed by atoms with van der Waals surface area (Å²) in [7, 11) is 3.16. The maximum atomic E-state index is 13.7. The molecule has 3 aromatic rings. The minimum absolute atomic E-state index is 0.0913. The van der Waals surface area contributed by atoms with E-state index in [-0.39, 0.29) is 5.91 Å². The van der Waals surface area contributed by atoms with E-state index in [1.807, 2.05) is 0 Å². The second kappa shape index (κ2) is 10.5. The lowest BCUT2D eigenvalue weighted by molar-refractivity contribution is 0.0376. The monoisotopic (exact) mass is 469 g/mol. The van der Waals surface area contributed by atoms with Crippen molar-refractivity contribution in [2.45, 2.75) is 20.3 Å². The highest BCUT2D eigenvalue weighted by Crippen LogP contribution is 2.34. The van der Waals surface area contributed by atoms with Crippen molar-refractivity contribution in [3.05, 3.63) is 47.0 Å². The third-order valence-corrected chi connectivity index (χ3v) is 7.10. The van der Waals surface area contributed by atoms with Crippen molar-refractivity contribution in [3.8, 4) is 11.5 Å². The number of carbonyl (C=O) groups is 1. The number of aryl methyl sites for hydroxylation is 2. The van der Waals surface area contributed by atoms with Gasteiger partial charge in [-0.2, -0.15) is 0 Å². The molecule has 0 bridgehead atoms. The van der Waals surface area contributed by atoms with Crippen LogP contribution in [0.3, 0.4) is 0 Å². The quantitative estimate of drug-likeness (QED) is 0.490. The van der Waals surface area contributed by atoms with E-state index in [4.69, 9.17) is 19.2 Å². The maximum absolute atomic E-state index is 13.7. The number of nitrogens with zero attached hydrogens (tertiary/aromatic N) is 3. The summed E-state index contributed by atoms with van der Waals surface area (Å²) in [6, 6.07) is 9.52. The number of benzene rings is 2. The number of carbonyl (C=O) groups excluding carboxylic acids is 1. The molecule has 8 heteroatoms. The second-order valence-corrected chi connectivity index (χ2v) is 9.24. The molecule has 0 aliphatic carbocycles. The molecule has 7 nitrogen and oxygen atoms in total. The first-order chi connectivity index (χ1) is 16.0. The van der Waals surface area contributed by atoms with E-state index >= 15 is 0 Å². The lowest BCUT2D eigenvalue weighted by atomic mass is 10.1. The normalized spacial score (nSPS) is 14.4. The Labute approximate surface area is 198 Å². The second-order valence-electron chi connectivity index (χ2n) is 8.26. The number of aromatic nitrogens is 1. The Kier molecular flexibility index (Phi) is 7.47. The van der Waals surface area contributed by atoms with E-state index in [9.17, 15) is 4.79 Å². The highest BCUT2D eigenvalue weighted by atomic mass is 32.1. The van der Waals surface area contributed by atoms with E-state index in [1.165, 1.54) is 11.1 Å². The molecule has 1 aromatic heterocycles. The van der Waals surface area contributed by atoms with Crippen LogP contribution in [0, 0.1) is 13.8 Å². The van der Waals surface area contributed by atoms with Crippen LogP contribution in [0.1, 0.15) is 27.9 Å².